The number of aromatic nitrogens is 1. The van der Waals surface area contributed by atoms with E-state index in [9.17, 15) is 0 Å². The van der Waals surface area contributed by atoms with E-state index in [1.807, 2.05) is 12.1 Å². The number of H-pyrrole nitrogens is 1. The topological polar surface area (TPSA) is 27.8 Å². The van der Waals surface area contributed by atoms with E-state index in [1.54, 1.807) is 0 Å². The average molecular weight is 193 g/mol. The van der Waals surface area contributed by atoms with Crippen molar-refractivity contribution < 1.29 is 0 Å². The van der Waals surface area contributed by atoms with Crippen molar-refractivity contribution in [2.24, 2.45) is 0 Å². The molecule has 0 fully saturated rings. The van der Waals surface area contributed by atoms with Crippen LogP contribution in [0.2, 0.25) is 5.02 Å². The molecule has 2 heterocycles. The average Bonchev–Trinajstić information content (AvgIpc) is 2.65. The lowest BCUT2D eigenvalue weighted by molar-refractivity contribution is 0.757. The maximum atomic E-state index is 6.07. The maximum Gasteiger partial charge on any atom is 0.0649 e. The second-order valence-electron chi connectivity index (χ2n) is 3.35. The van der Waals surface area contributed by atoms with Crippen LogP contribution in [0.3, 0.4) is 0 Å². The molecule has 1 aliphatic rings. The first-order valence-corrected chi connectivity index (χ1v) is 4.73. The summed E-state index contributed by atoms with van der Waals surface area (Å²) in [5.74, 6) is 0. The van der Waals surface area contributed by atoms with Gasteiger partial charge in [0.2, 0.25) is 0 Å². The Morgan fingerprint density at radius 1 is 1.23 bits per heavy atom. The van der Waals surface area contributed by atoms with Crippen molar-refractivity contribution in [1.82, 2.24) is 10.3 Å². The SMILES string of the molecule is Clc1cccc2c3c([nH]c12)CNC3. The molecule has 0 radical (unpaired) electrons. The number of rotatable bonds is 0. The van der Waals surface area contributed by atoms with E-state index in [2.05, 4.69) is 16.4 Å². The van der Waals surface area contributed by atoms with Crippen LogP contribution in [-0.2, 0) is 13.1 Å². The van der Waals surface area contributed by atoms with Gasteiger partial charge >= 0.3 is 0 Å². The van der Waals surface area contributed by atoms with Gasteiger partial charge in [0.15, 0.2) is 0 Å². The monoisotopic (exact) mass is 192 g/mol. The molecule has 66 valence electrons. The largest absolute Gasteiger partial charge is 0.356 e. The van der Waals surface area contributed by atoms with Gasteiger partial charge in [-0.05, 0) is 11.6 Å². The number of nitrogens with one attached hydrogen (secondary N) is 2. The Morgan fingerprint density at radius 2 is 2.15 bits per heavy atom. The Bertz CT molecular complexity index is 473. The van der Waals surface area contributed by atoms with Crippen molar-refractivity contribution in [3.63, 3.8) is 0 Å². The first kappa shape index (κ1) is 7.42. The third-order valence-electron chi connectivity index (χ3n) is 2.58. The fraction of sp³-hybridized carbons (Fsp3) is 0.200. The highest BCUT2D eigenvalue weighted by Gasteiger charge is 2.16. The van der Waals surface area contributed by atoms with Gasteiger partial charge < -0.3 is 10.3 Å². The highest BCUT2D eigenvalue weighted by Crippen LogP contribution is 2.30. The molecule has 2 nitrogen and oxygen atoms in total. The molecule has 3 rings (SSSR count). The van der Waals surface area contributed by atoms with Gasteiger partial charge in [0, 0.05) is 24.2 Å². The molecule has 2 N–H and O–H groups in total. The summed E-state index contributed by atoms with van der Waals surface area (Å²) >= 11 is 6.07. The van der Waals surface area contributed by atoms with E-state index >= 15 is 0 Å². The smallest absolute Gasteiger partial charge is 0.0649 e. The first-order chi connectivity index (χ1) is 6.36. The molecule has 3 heteroatoms. The molecule has 0 aliphatic carbocycles. The number of para-hydroxylation sites is 1. The molecule has 1 aromatic carbocycles. The van der Waals surface area contributed by atoms with Crippen LogP contribution in [0.1, 0.15) is 11.3 Å². The zero-order valence-corrected chi connectivity index (χ0v) is 7.78. The summed E-state index contributed by atoms with van der Waals surface area (Å²) in [5.41, 5.74) is 3.73. The van der Waals surface area contributed by atoms with E-state index in [4.69, 9.17) is 11.6 Å². The molecule has 0 spiro atoms. The fourth-order valence-corrected chi connectivity index (χ4v) is 2.18. The molecule has 1 aliphatic heterocycles. The maximum absolute atomic E-state index is 6.07. The summed E-state index contributed by atoms with van der Waals surface area (Å²) in [6.45, 7) is 1.88. The zero-order valence-electron chi connectivity index (χ0n) is 7.02. The molecule has 0 saturated heterocycles. The standard InChI is InChI=1S/C10H9ClN2/c11-8-3-1-2-6-7-4-12-5-9(7)13-10(6)8/h1-3,12-13H,4-5H2. The minimum Gasteiger partial charge on any atom is -0.356 e. The second kappa shape index (κ2) is 2.50. The van der Waals surface area contributed by atoms with Crippen LogP contribution < -0.4 is 5.32 Å². The van der Waals surface area contributed by atoms with Crippen molar-refractivity contribution in [3.8, 4) is 0 Å². The number of hydrogen-bond acceptors (Lipinski definition) is 1. The first-order valence-electron chi connectivity index (χ1n) is 4.35. The van der Waals surface area contributed by atoms with E-state index < -0.39 is 0 Å². The zero-order chi connectivity index (χ0) is 8.84. The van der Waals surface area contributed by atoms with Gasteiger partial charge in [-0.1, -0.05) is 23.7 Å². The second-order valence-corrected chi connectivity index (χ2v) is 3.76. The Morgan fingerprint density at radius 3 is 3.08 bits per heavy atom. The summed E-state index contributed by atoms with van der Waals surface area (Å²) in [6, 6.07) is 6.03. The summed E-state index contributed by atoms with van der Waals surface area (Å²) in [4.78, 5) is 3.35. The van der Waals surface area contributed by atoms with Gasteiger partial charge in [-0.3, -0.25) is 0 Å². The number of aromatic amines is 1. The van der Waals surface area contributed by atoms with Crippen LogP contribution in [-0.4, -0.2) is 4.98 Å². The van der Waals surface area contributed by atoms with Gasteiger partial charge in [0.05, 0.1) is 10.5 Å². The Labute approximate surface area is 80.9 Å². The molecule has 0 saturated carbocycles. The minimum absolute atomic E-state index is 0.812. The normalized spacial score (nSPS) is 15.2. The van der Waals surface area contributed by atoms with Gasteiger partial charge in [-0.2, -0.15) is 0 Å². The van der Waals surface area contributed by atoms with E-state index in [0.717, 1.165) is 23.6 Å². The van der Waals surface area contributed by atoms with E-state index in [0.29, 0.717) is 0 Å². The van der Waals surface area contributed by atoms with Gasteiger partial charge in [0.1, 0.15) is 0 Å². The van der Waals surface area contributed by atoms with Crippen LogP contribution in [0.4, 0.5) is 0 Å². The van der Waals surface area contributed by atoms with Crippen LogP contribution in [0.15, 0.2) is 18.2 Å². The molecular weight excluding hydrogens is 184 g/mol. The predicted molar refractivity (Wildman–Crippen MR) is 53.9 cm³/mol. The number of halogens is 1. The molecular formula is C10H9ClN2. The lowest BCUT2D eigenvalue weighted by Crippen LogP contribution is -2.01. The molecule has 0 amide bonds. The van der Waals surface area contributed by atoms with E-state index in [1.165, 1.54) is 16.6 Å². The number of hydrogen-bond donors (Lipinski definition) is 2. The Balaban J connectivity index is 2.44. The quantitative estimate of drug-likeness (QED) is 0.659. The summed E-state index contributed by atoms with van der Waals surface area (Å²) in [6.07, 6.45) is 0. The summed E-state index contributed by atoms with van der Waals surface area (Å²) in [5, 5.41) is 5.37. The van der Waals surface area contributed by atoms with Crippen molar-refractivity contribution in [2.45, 2.75) is 13.1 Å². The molecule has 2 aromatic rings. The van der Waals surface area contributed by atoms with Crippen molar-refractivity contribution in [3.05, 3.63) is 34.5 Å². The summed E-state index contributed by atoms with van der Waals surface area (Å²) in [7, 11) is 0. The van der Waals surface area contributed by atoms with E-state index in [-0.39, 0.29) is 0 Å². The third-order valence-corrected chi connectivity index (χ3v) is 2.90. The molecule has 0 unspecified atom stereocenters. The van der Waals surface area contributed by atoms with Gasteiger partial charge in [0.25, 0.3) is 0 Å². The third kappa shape index (κ3) is 0.929. The lowest BCUT2D eigenvalue weighted by atomic mass is 10.1. The van der Waals surface area contributed by atoms with Gasteiger partial charge in [-0.15, -0.1) is 0 Å². The molecule has 1 aromatic heterocycles. The van der Waals surface area contributed by atoms with Gasteiger partial charge in [-0.25, -0.2) is 0 Å². The summed E-state index contributed by atoms with van der Waals surface area (Å²) < 4.78 is 0. The van der Waals surface area contributed by atoms with Crippen molar-refractivity contribution in [2.75, 3.05) is 0 Å². The molecule has 0 bridgehead atoms. The molecule has 13 heavy (non-hydrogen) atoms. The molecule has 0 atom stereocenters. The van der Waals surface area contributed by atoms with Crippen LogP contribution in [0, 0.1) is 0 Å². The van der Waals surface area contributed by atoms with Crippen molar-refractivity contribution in [1.29, 1.82) is 0 Å². The Hall–Kier alpha value is -0.990. The van der Waals surface area contributed by atoms with Crippen LogP contribution >= 0.6 is 11.6 Å². The number of benzene rings is 1. The van der Waals surface area contributed by atoms with Crippen molar-refractivity contribution >= 4 is 22.5 Å². The Kier molecular flexibility index (Phi) is 1.43. The van der Waals surface area contributed by atoms with Crippen LogP contribution in [0.25, 0.3) is 10.9 Å². The highest BCUT2D eigenvalue weighted by atomic mass is 35.5. The fourth-order valence-electron chi connectivity index (χ4n) is 1.96. The highest BCUT2D eigenvalue weighted by molar-refractivity contribution is 6.35. The predicted octanol–water partition coefficient (Wildman–Crippen LogP) is 2.42. The lowest BCUT2D eigenvalue weighted by Gasteiger charge is -1.95. The minimum atomic E-state index is 0.812. The van der Waals surface area contributed by atoms with Crippen LogP contribution in [0.5, 0.6) is 0 Å². The number of fused-ring (bicyclic) bond motifs is 3.